The van der Waals surface area contributed by atoms with Crippen LogP contribution in [0.15, 0.2) is 41.4 Å². The van der Waals surface area contributed by atoms with Crippen molar-refractivity contribution in [3.05, 3.63) is 36.5 Å². The van der Waals surface area contributed by atoms with Gasteiger partial charge in [-0.3, -0.25) is 4.98 Å². The molecule has 2 fully saturated rings. The van der Waals surface area contributed by atoms with Crippen molar-refractivity contribution < 1.29 is 8.42 Å². The Morgan fingerprint density at radius 2 is 1.84 bits per heavy atom. The second-order valence-corrected chi connectivity index (χ2v) is 8.76. The van der Waals surface area contributed by atoms with Crippen molar-refractivity contribution in [3.8, 4) is 0 Å². The predicted octanol–water partition coefficient (Wildman–Crippen LogP) is 2.81. The molecule has 2 heterocycles. The summed E-state index contributed by atoms with van der Waals surface area (Å²) in [6.45, 7) is 2.26. The van der Waals surface area contributed by atoms with E-state index < -0.39 is 10.0 Å². The van der Waals surface area contributed by atoms with Gasteiger partial charge in [-0.2, -0.15) is 4.31 Å². The molecule has 0 bridgehead atoms. The van der Waals surface area contributed by atoms with Crippen molar-refractivity contribution in [3.63, 3.8) is 0 Å². The highest BCUT2D eigenvalue weighted by Crippen LogP contribution is 2.29. The molecule has 1 aromatic heterocycles. The number of halogens is 1. The van der Waals surface area contributed by atoms with Crippen molar-refractivity contribution >= 4 is 33.3 Å². The molecular weight excluding hydrogens is 358 g/mol. The normalized spacial score (nSPS) is 19.7. The van der Waals surface area contributed by atoms with Gasteiger partial charge in [0.2, 0.25) is 10.0 Å². The minimum Gasteiger partial charge on any atom is -0.314 e. The molecule has 1 aliphatic heterocycles. The Hall–Kier alpha value is -1.21. The first-order valence-electron chi connectivity index (χ1n) is 8.72. The fourth-order valence-electron chi connectivity index (χ4n) is 3.39. The summed E-state index contributed by atoms with van der Waals surface area (Å²) in [6.07, 6.45) is 6.14. The van der Waals surface area contributed by atoms with Crippen LogP contribution in [-0.2, 0) is 10.0 Å². The molecule has 0 atom stereocenters. The van der Waals surface area contributed by atoms with E-state index >= 15 is 0 Å². The number of pyridine rings is 1. The summed E-state index contributed by atoms with van der Waals surface area (Å²) < 4.78 is 27.8. The lowest BCUT2D eigenvalue weighted by Crippen LogP contribution is -2.45. The van der Waals surface area contributed by atoms with Gasteiger partial charge in [0, 0.05) is 30.7 Å². The van der Waals surface area contributed by atoms with E-state index in [0.717, 1.165) is 30.8 Å². The zero-order valence-electron chi connectivity index (χ0n) is 14.1. The van der Waals surface area contributed by atoms with E-state index in [0.29, 0.717) is 29.4 Å². The number of hydrogen-bond donors (Lipinski definition) is 1. The summed E-state index contributed by atoms with van der Waals surface area (Å²) in [5.41, 5.74) is 0.722. The lowest BCUT2D eigenvalue weighted by molar-refractivity contribution is 0.288. The number of benzene rings is 1. The average molecular weight is 382 g/mol. The van der Waals surface area contributed by atoms with Gasteiger partial charge in [-0.15, -0.1) is 12.4 Å². The minimum atomic E-state index is -3.47. The zero-order valence-corrected chi connectivity index (χ0v) is 15.7. The predicted molar refractivity (Wildman–Crippen MR) is 101 cm³/mol. The van der Waals surface area contributed by atoms with Crippen LogP contribution in [0.2, 0.25) is 0 Å². The molecule has 1 aromatic carbocycles. The Morgan fingerprint density at radius 3 is 2.56 bits per heavy atom. The molecule has 1 aliphatic carbocycles. The summed E-state index contributed by atoms with van der Waals surface area (Å²) in [5, 5.41) is 4.30. The quantitative estimate of drug-likeness (QED) is 0.865. The molecule has 0 spiro atoms. The van der Waals surface area contributed by atoms with Crippen LogP contribution in [0.3, 0.4) is 0 Å². The Labute approximate surface area is 155 Å². The summed E-state index contributed by atoms with van der Waals surface area (Å²) in [6, 6.07) is 9.38. The summed E-state index contributed by atoms with van der Waals surface area (Å²) in [5.74, 6) is 0.856. The Bertz CT molecular complexity index is 826. The van der Waals surface area contributed by atoms with Gasteiger partial charge < -0.3 is 5.32 Å². The second-order valence-electron chi connectivity index (χ2n) is 6.86. The number of fused-ring (bicyclic) bond motifs is 1. The molecule has 0 radical (unpaired) electrons. The van der Waals surface area contributed by atoms with E-state index in [1.807, 2.05) is 12.1 Å². The third kappa shape index (κ3) is 3.97. The van der Waals surface area contributed by atoms with Crippen LogP contribution in [0, 0.1) is 5.92 Å². The van der Waals surface area contributed by atoms with Gasteiger partial charge in [0.25, 0.3) is 0 Å². The number of nitrogens with one attached hydrogen (secondary N) is 1. The molecule has 1 saturated carbocycles. The molecule has 2 aromatic rings. The zero-order chi connectivity index (χ0) is 16.6. The molecular formula is C18H24ClN3O2S. The van der Waals surface area contributed by atoms with E-state index in [1.165, 1.54) is 12.8 Å². The molecule has 5 nitrogen and oxygen atoms in total. The third-order valence-electron chi connectivity index (χ3n) is 5.07. The Morgan fingerprint density at radius 1 is 1.08 bits per heavy atom. The van der Waals surface area contributed by atoms with E-state index in [9.17, 15) is 8.42 Å². The molecule has 136 valence electrons. The van der Waals surface area contributed by atoms with Gasteiger partial charge in [0.05, 0.1) is 10.4 Å². The third-order valence-corrected chi connectivity index (χ3v) is 7.03. The summed E-state index contributed by atoms with van der Waals surface area (Å²) in [7, 11) is -3.47. The van der Waals surface area contributed by atoms with Crippen LogP contribution in [0.1, 0.15) is 25.7 Å². The average Bonchev–Trinajstić information content (AvgIpc) is 3.44. The number of aromatic nitrogens is 1. The highest BCUT2D eigenvalue weighted by molar-refractivity contribution is 7.89. The van der Waals surface area contributed by atoms with Crippen LogP contribution >= 0.6 is 12.4 Å². The number of hydrogen-bond acceptors (Lipinski definition) is 4. The maximum atomic E-state index is 13.1. The standard InChI is InChI=1S/C18H23N3O2S.ClH/c22-24(23,18-5-1-4-17-16(18)3-2-10-19-17)21-11-8-15(9-12-21)20-13-14-6-7-14;/h1-5,10,14-15,20H,6-9,11-13H2;1H. The van der Waals surface area contributed by atoms with E-state index in [1.54, 1.807) is 28.7 Å². The van der Waals surface area contributed by atoms with Crippen LogP contribution in [0.25, 0.3) is 10.9 Å². The van der Waals surface area contributed by atoms with Crippen LogP contribution in [0.4, 0.5) is 0 Å². The summed E-state index contributed by atoms with van der Waals surface area (Å²) in [4.78, 5) is 4.64. The SMILES string of the molecule is Cl.O=S(=O)(c1cccc2ncccc12)N1CCC(NCC2CC2)CC1. The van der Waals surface area contributed by atoms with E-state index in [-0.39, 0.29) is 12.4 Å². The molecule has 0 unspecified atom stereocenters. The topological polar surface area (TPSA) is 62.3 Å². The van der Waals surface area contributed by atoms with Gasteiger partial charge in [-0.25, -0.2) is 8.42 Å². The van der Waals surface area contributed by atoms with Gasteiger partial charge in [0.1, 0.15) is 0 Å². The van der Waals surface area contributed by atoms with E-state index in [2.05, 4.69) is 10.3 Å². The largest absolute Gasteiger partial charge is 0.314 e. The monoisotopic (exact) mass is 381 g/mol. The maximum Gasteiger partial charge on any atom is 0.243 e. The van der Waals surface area contributed by atoms with Crippen LogP contribution in [0.5, 0.6) is 0 Å². The first-order chi connectivity index (χ1) is 11.6. The lowest BCUT2D eigenvalue weighted by atomic mass is 10.1. The highest BCUT2D eigenvalue weighted by Gasteiger charge is 2.31. The fraction of sp³-hybridized carbons (Fsp3) is 0.500. The lowest BCUT2D eigenvalue weighted by Gasteiger charge is -2.32. The first kappa shape index (κ1) is 18.6. The van der Waals surface area contributed by atoms with E-state index in [4.69, 9.17) is 0 Å². The highest BCUT2D eigenvalue weighted by atomic mass is 35.5. The first-order valence-corrected chi connectivity index (χ1v) is 10.2. The molecule has 0 amide bonds. The summed E-state index contributed by atoms with van der Waals surface area (Å²) >= 11 is 0. The number of piperidine rings is 1. The van der Waals surface area contributed by atoms with Gasteiger partial charge in [0.15, 0.2) is 0 Å². The Kier molecular flexibility index (Phi) is 5.63. The van der Waals surface area contributed by atoms with Gasteiger partial charge >= 0.3 is 0 Å². The molecule has 25 heavy (non-hydrogen) atoms. The molecule has 4 rings (SSSR count). The Balaban J connectivity index is 0.00000182. The van der Waals surface area contributed by atoms with Crippen molar-refractivity contribution in [2.24, 2.45) is 5.92 Å². The van der Waals surface area contributed by atoms with Crippen molar-refractivity contribution in [1.82, 2.24) is 14.6 Å². The van der Waals surface area contributed by atoms with Crippen molar-refractivity contribution in [2.45, 2.75) is 36.6 Å². The van der Waals surface area contributed by atoms with Crippen molar-refractivity contribution in [1.29, 1.82) is 0 Å². The van der Waals surface area contributed by atoms with Gasteiger partial charge in [-0.1, -0.05) is 6.07 Å². The maximum absolute atomic E-state index is 13.1. The minimum absolute atomic E-state index is 0. The fourth-order valence-corrected chi connectivity index (χ4v) is 5.07. The number of sulfonamides is 1. The smallest absolute Gasteiger partial charge is 0.243 e. The molecule has 1 N–H and O–H groups in total. The molecule has 7 heteroatoms. The van der Waals surface area contributed by atoms with Gasteiger partial charge in [-0.05, 0) is 62.4 Å². The number of nitrogens with zero attached hydrogens (tertiary/aromatic N) is 2. The van der Waals surface area contributed by atoms with Crippen molar-refractivity contribution in [2.75, 3.05) is 19.6 Å². The van der Waals surface area contributed by atoms with Crippen LogP contribution in [-0.4, -0.2) is 43.4 Å². The van der Waals surface area contributed by atoms with Crippen LogP contribution < -0.4 is 5.32 Å². The molecule has 2 aliphatic rings. The second kappa shape index (κ2) is 7.58. The number of rotatable bonds is 5. The molecule has 1 saturated heterocycles.